The van der Waals surface area contributed by atoms with Crippen LogP contribution in [0.3, 0.4) is 0 Å². The largest absolute Gasteiger partial charge is 0.271 e. The van der Waals surface area contributed by atoms with E-state index in [2.05, 4.69) is 21.4 Å². The number of nitrogens with two attached hydrogens (primary N) is 1. The minimum atomic E-state index is -0.562. The Balaban J connectivity index is 2.45. The molecule has 6 heteroatoms. The molecule has 0 saturated carbocycles. The molecule has 1 heterocycles. The standard InChI is InChI=1S/C11H9BrF2N2S/c12-10-3-6(5-17-10)11(16-15)8-4-7(13)1-2-9(8)14/h1-5,11,16H,15H2. The molecule has 0 bridgehead atoms. The molecule has 0 radical (unpaired) electrons. The smallest absolute Gasteiger partial charge is 0.128 e. The quantitative estimate of drug-likeness (QED) is 0.673. The second-order valence-electron chi connectivity index (χ2n) is 3.45. The normalized spacial score (nSPS) is 12.7. The number of benzene rings is 1. The summed E-state index contributed by atoms with van der Waals surface area (Å²) >= 11 is 4.78. The van der Waals surface area contributed by atoms with Crippen LogP contribution in [-0.4, -0.2) is 0 Å². The lowest BCUT2D eigenvalue weighted by Crippen LogP contribution is -2.29. The van der Waals surface area contributed by atoms with E-state index in [0.29, 0.717) is 0 Å². The molecule has 0 amide bonds. The van der Waals surface area contributed by atoms with Gasteiger partial charge < -0.3 is 0 Å². The van der Waals surface area contributed by atoms with E-state index in [9.17, 15) is 8.78 Å². The van der Waals surface area contributed by atoms with E-state index in [1.54, 1.807) is 0 Å². The van der Waals surface area contributed by atoms with Gasteiger partial charge in [0, 0.05) is 5.56 Å². The van der Waals surface area contributed by atoms with Crippen LogP contribution < -0.4 is 11.3 Å². The number of thiophene rings is 1. The summed E-state index contributed by atoms with van der Waals surface area (Å²) in [5, 5.41) is 1.83. The van der Waals surface area contributed by atoms with Gasteiger partial charge in [0.25, 0.3) is 0 Å². The van der Waals surface area contributed by atoms with Gasteiger partial charge in [0.15, 0.2) is 0 Å². The van der Waals surface area contributed by atoms with Crippen molar-refractivity contribution in [3.8, 4) is 0 Å². The molecular formula is C11H9BrF2N2S. The molecule has 1 aromatic carbocycles. The highest BCUT2D eigenvalue weighted by Crippen LogP contribution is 2.30. The van der Waals surface area contributed by atoms with Crippen molar-refractivity contribution in [1.82, 2.24) is 5.43 Å². The molecule has 0 aliphatic heterocycles. The molecule has 0 aliphatic rings. The number of hydrogen-bond acceptors (Lipinski definition) is 3. The Labute approximate surface area is 110 Å². The molecule has 90 valence electrons. The van der Waals surface area contributed by atoms with Gasteiger partial charge in [-0.1, -0.05) is 0 Å². The monoisotopic (exact) mass is 318 g/mol. The Morgan fingerprint density at radius 2 is 2.06 bits per heavy atom. The molecule has 17 heavy (non-hydrogen) atoms. The van der Waals surface area contributed by atoms with Crippen LogP contribution in [0, 0.1) is 11.6 Å². The fourth-order valence-corrected chi connectivity index (χ4v) is 2.78. The summed E-state index contributed by atoms with van der Waals surface area (Å²) in [5.74, 6) is 4.44. The Kier molecular flexibility index (Phi) is 3.88. The molecule has 2 nitrogen and oxygen atoms in total. The van der Waals surface area contributed by atoms with Gasteiger partial charge in [-0.25, -0.2) is 14.2 Å². The van der Waals surface area contributed by atoms with Gasteiger partial charge in [-0.3, -0.25) is 5.84 Å². The summed E-state index contributed by atoms with van der Waals surface area (Å²) in [6.45, 7) is 0. The molecule has 0 spiro atoms. The minimum absolute atomic E-state index is 0.192. The van der Waals surface area contributed by atoms with Crippen molar-refractivity contribution in [2.75, 3.05) is 0 Å². The fraction of sp³-hybridized carbons (Fsp3) is 0.0909. The molecule has 0 aliphatic carbocycles. The average molecular weight is 319 g/mol. The summed E-state index contributed by atoms with van der Waals surface area (Å²) < 4.78 is 27.7. The summed E-state index contributed by atoms with van der Waals surface area (Å²) in [4.78, 5) is 0. The van der Waals surface area contributed by atoms with Gasteiger partial charge in [0.2, 0.25) is 0 Å². The van der Waals surface area contributed by atoms with Gasteiger partial charge >= 0.3 is 0 Å². The molecule has 0 saturated heterocycles. The maximum Gasteiger partial charge on any atom is 0.128 e. The predicted octanol–water partition coefficient (Wildman–Crippen LogP) is 3.34. The summed E-state index contributed by atoms with van der Waals surface area (Å²) in [7, 11) is 0. The highest BCUT2D eigenvalue weighted by Gasteiger charge is 2.18. The zero-order valence-corrected chi connectivity index (χ0v) is 11.0. The van der Waals surface area contributed by atoms with Crippen molar-refractivity contribution < 1.29 is 8.78 Å². The van der Waals surface area contributed by atoms with Crippen LogP contribution in [0.25, 0.3) is 0 Å². The van der Waals surface area contributed by atoms with E-state index in [-0.39, 0.29) is 5.56 Å². The maximum atomic E-state index is 13.6. The third-order valence-electron chi connectivity index (χ3n) is 2.36. The summed E-state index contributed by atoms with van der Waals surface area (Å²) in [6.07, 6.45) is 0. The number of halogens is 3. The summed E-state index contributed by atoms with van der Waals surface area (Å²) in [5.41, 5.74) is 3.47. The summed E-state index contributed by atoms with van der Waals surface area (Å²) in [6, 6.07) is 4.57. The molecule has 1 unspecified atom stereocenters. The van der Waals surface area contributed by atoms with Crippen LogP contribution in [-0.2, 0) is 0 Å². The van der Waals surface area contributed by atoms with Crippen LogP contribution in [0.1, 0.15) is 17.2 Å². The van der Waals surface area contributed by atoms with Gasteiger partial charge in [-0.05, 0) is 51.1 Å². The van der Waals surface area contributed by atoms with E-state index in [0.717, 1.165) is 27.5 Å². The van der Waals surface area contributed by atoms with Crippen LogP contribution in [0.5, 0.6) is 0 Å². The molecule has 1 atom stereocenters. The third-order valence-corrected chi connectivity index (χ3v) is 3.88. The minimum Gasteiger partial charge on any atom is -0.271 e. The Hall–Kier alpha value is -0.820. The van der Waals surface area contributed by atoms with Gasteiger partial charge in [0.05, 0.1) is 9.83 Å². The molecule has 2 rings (SSSR count). The van der Waals surface area contributed by atoms with E-state index in [4.69, 9.17) is 5.84 Å². The van der Waals surface area contributed by atoms with E-state index < -0.39 is 17.7 Å². The lowest BCUT2D eigenvalue weighted by atomic mass is 10.0. The maximum absolute atomic E-state index is 13.6. The number of rotatable bonds is 3. The van der Waals surface area contributed by atoms with Crippen molar-refractivity contribution in [2.24, 2.45) is 5.84 Å². The first-order chi connectivity index (χ1) is 8.11. The number of nitrogens with one attached hydrogen (secondary N) is 1. The number of hydrogen-bond donors (Lipinski definition) is 2. The lowest BCUT2D eigenvalue weighted by molar-refractivity contribution is 0.546. The zero-order valence-electron chi connectivity index (χ0n) is 8.58. The van der Waals surface area contributed by atoms with Crippen LogP contribution in [0.4, 0.5) is 8.78 Å². The van der Waals surface area contributed by atoms with Crippen LogP contribution in [0.15, 0.2) is 33.4 Å². The van der Waals surface area contributed by atoms with E-state index >= 15 is 0 Å². The lowest BCUT2D eigenvalue weighted by Gasteiger charge is -2.15. The topological polar surface area (TPSA) is 38.0 Å². The van der Waals surface area contributed by atoms with Gasteiger partial charge in [0.1, 0.15) is 11.6 Å². The Morgan fingerprint density at radius 3 is 2.65 bits per heavy atom. The van der Waals surface area contributed by atoms with Gasteiger partial charge in [-0.2, -0.15) is 0 Å². The zero-order chi connectivity index (χ0) is 12.4. The van der Waals surface area contributed by atoms with Crippen molar-refractivity contribution in [1.29, 1.82) is 0 Å². The van der Waals surface area contributed by atoms with Crippen molar-refractivity contribution in [3.05, 3.63) is 56.2 Å². The first kappa shape index (κ1) is 12.6. The first-order valence-corrected chi connectivity index (χ1v) is 6.44. The van der Waals surface area contributed by atoms with Crippen LogP contribution >= 0.6 is 27.3 Å². The first-order valence-electron chi connectivity index (χ1n) is 4.77. The number of hydrazine groups is 1. The van der Waals surface area contributed by atoms with Crippen molar-refractivity contribution >= 4 is 27.3 Å². The second-order valence-corrected chi connectivity index (χ2v) is 5.74. The van der Waals surface area contributed by atoms with Crippen LogP contribution in [0.2, 0.25) is 0 Å². The highest BCUT2D eigenvalue weighted by molar-refractivity contribution is 9.11. The Bertz CT molecular complexity index is 530. The fourth-order valence-electron chi connectivity index (χ4n) is 1.58. The SMILES string of the molecule is NNC(c1csc(Br)c1)c1cc(F)ccc1F. The molecule has 2 aromatic rings. The molecular weight excluding hydrogens is 310 g/mol. The molecule has 0 fully saturated rings. The average Bonchev–Trinajstić information content (AvgIpc) is 2.71. The predicted molar refractivity (Wildman–Crippen MR) is 67.5 cm³/mol. The van der Waals surface area contributed by atoms with E-state index in [1.807, 2.05) is 11.4 Å². The molecule has 1 aromatic heterocycles. The highest BCUT2D eigenvalue weighted by atomic mass is 79.9. The van der Waals surface area contributed by atoms with Crippen molar-refractivity contribution in [2.45, 2.75) is 6.04 Å². The van der Waals surface area contributed by atoms with Crippen molar-refractivity contribution in [3.63, 3.8) is 0 Å². The molecule has 3 N–H and O–H groups in total. The second kappa shape index (κ2) is 5.22. The van der Waals surface area contributed by atoms with Gasteiger partial charge in [-0.15, -0.1) is 11.3 Å². The third kappa shape index (κ3) is 2.71. The van der Waals surface area contributed by atoms with E-state index in [1.165, 1.54) is 11.3 Å². The Morgan fingerprint density at radius 1 is 1.29 bits per heavy atom.